The Morgan fingerprint density at radius 1 is 1.22 bits per heavy atom. The van der Waals surface area contributed by atoms with Crippen LogP contribution in [-0.4, -0.2) is 21.1 Å². The number of nitrogens with one attached hydrogen (secondary N) is 1. The van der Waals surface area contributed by atoms with Crippen molar-refractivity contribution in [2.24, 2.45) is 0 Å². The summed E-state index contributed by atoms with van der Waals surface area (Å²) in [5.74, 6) is 1.13. The zero-order chi connectivity index (χ0) is 12.8. The lowest BCUT2D eigenvalue weighted by molar-refractivity contribution is 0.521. The Balaban J connectivity index is 2.16. The zero-order valence-corrected chi connectivity index (χ0v) is 11.0. The van der Waals surface area contributed by atoms with E-state index in [-0.39, 0.29) is 0 Å². The molecule has 1 unspecified atom stereocenters. The number of aromatic nitrogens is 3. The monoisotopic (exact) mass is 244 g/mol. The van der Waals surface area contributed by atoms with Crippen molar-refractivity contribution in [1.29, 1.82) is 0 Å². The van der Waals surface area contributed by atoms with Crippen LogP contribution in [0, 0.1) is 0 Å². The van der Waals surface area contributed by atoms with E-state index < -0.39 is 0 Å². The molecule has 0 aliphatic heterocycles. The maximum Gasteiger partial charge on any atom is 0.110 e. The average molecular weight is 244 g/mol. The summed E-state index contributed by atoms with van der Waals surface area (Å²) >= 11 is 0. The number of rotatable bonds is 6. The van der Waals surface area contributed by atoms with Crippen molar-refractivity contribution in [3.8, 4) is 0 Å². The molecular formula is C14H20N4. The van der Waals surface area contributed by atoms with E-state index in [1.165, 1.54) is 5.56 Å². The second-order valence-corrected chi connectivity index (χ2v) is 4.22. The van der Waals surface area contributed by atoms with Crippen LogP contribution in [0.4, 0.5) is 0 Å². The molecule has 4 nitrogen and oxygen atoms in total. The van der Waals surface area contributed by atoms with E-state index >= 15 is 0 Å². The standard InChI is InChI=1S/C14H20N4/c1-3-16-13(12-5-7-15-8-6-12)11-14-17-9-10-18(14)4-2/h5-10,13,16H,3-4,11H2,1-2H3. The number of likely N-dealkylation sites (N-methyl/N-ethyl adjacent to an activating group) is 1. The predicted molar refractivity (Wildman–Crippen MR) is 72.3 cm³/mol. The summed E-state index contributed by atoms with van der Waals surface area (Å²) in [4.78, 5) is 8.51. The first-order valence-electron chi connectivity index (χ1n) is 6.48. The van der Waals surface area contributed by atoms with Crippen molar-refractivity contribution in [2.45, 2.75) is 32.9 Å². The lowest BCUT2D eigenvalue weighted by Gasteiger charge is -2.18. The van der Waals surface area contributed by atoms with Gasteiger partial charge in [0.05, 0.1) is 0 Å². The van der Waals surface area contributed by atoms with E-state index in [0.717, 1.165) is 25.3 Å². The van der Waals surface area contributed by atoms with Gasteiger partial charge in [-0.1, -0.05) is 6.92 Å². The molecule has 0 amide bonds. The average Bonchev–Trinajstić information content (AvgIpc) is 2.86. The molecule has 1 N–H and O–H groups in total. The Bertz CT molecular complexity index is 464. The second-order valence-electron chi connectivity index (χ2n) is 4.22. The smallest absolute Gasteiger partial charge is 0.110 e. The Morgan fingerprint density at radius 3 is 2.67 bits per heavy atom. The highest BCUT2D eigenvalue weighted by atomic mass is 15.1. The van der Waals surface area contributed by atoms with E-state index in [4.69, 9.17) is 0 Å². The Morgan fingerprint density at radius 2 is 2.00 bits per heavy atom. The lowest BCUT2D eigenvalue weighted by Crippen LogP contribution is -2.24. The summed E-state index contributed by atoms with van der Waals surface area (Å²) in [6, 6.07) is 4.42. The van der Waals surface area contributed by atoms with Crippen molar-refractivity contribution >= 4 is 0 Å². The minimum absolute atomic E-state index is 0.297. The summed E-state index contributed by atoms with van der Waals surface area (Å²) in [6.45, 7) is 6.17. The maximum atomic E-state index is 4.44. The van der Waals surface area contributed by atoms with Gasteiger partial charge in [-0.15, -0.1) is 0 Å². The zero-order valence-electron chi connectivity index (χ0n) is 11.0. The van der Waals surface area contributed by atoms with Crippen LogP contribution in [0.1, 0.15) is 31.3 Å². The van der Waals surface area contributed by atoms with Gasteiger partial charge in [0.25, 0.3) is 0 Å². The molecule has 0 saturated heterocycles. The van der Waals surface area contributed by atoms with Gasteiger partial charge in [0, 0.05) is 43.8 Å². The number of hydrogen-bond donors (Lipinski definition) is 1. The molecule has 96 valence electrons. The molecule has 0 radical (unpaired) electrons. The fraction of sp³-hybridized carbons (Fsp3) is 0.429. The summed E-state index contributed by atoms with van der Waals surface area (Å²) in [5.41, 5.74) is 1.26. The van der Waals surface area contributed by atoms with Gasteiger partial charge in [-0.25, -0.2) is 4.98 Å². The normalized spacial score (nSPS) is 12.6. The topological polar surface area (TPSA) is 42.7 Å². The van der Waals surface area contributed by atoms with E-state index in [9.17, 15) is 0 Å². The molecule has 0 aliphatic rings. The van der Waals surface area contributed by atoms with Gasteiger partial charge in [0.2, 0.25) is 0 Å². The number of imidazole rings is 1. The van der Waals surface area contributed by atoms with Crippen LogP contribution in [0.15, 0.2) is 36.9 Å². The van der Waals surface area contributed by atoms with E-state index in [0.29, 0.717) is 6.04 Å². The molecule has 2 aromatic rings. The van der Waals surface area contributed by atoms with Crippen LogP contribution in [0.2, 0.25) is 0 Å². The summed E-state index contributed by atoms with van der Waals surface area (Å²) in [6.07, 6.45) is 8.48. The predicted octanol–water partition coefficient (Wildman–Crippen LogP) is 2.19. The summed E-state index contributed by atoms with van der Waals surface area (Å²) in [7, 11) is 0. The SMILES string of the molecule is CCNC(Cc1nccn1CC)c1ccncc1. The Kier molecular flexibility index (Phi) is 4.47. The molecule has 0 bridgehead atoms. The highest BCUT2D eigenvalue weighted by molar-refractivity contribution is 5.17. The van der Waals surface area contributed by atoms with Gasteiger partial charge in [-0.05, 0) is 31.2 Å². The van der Waals surface area contributed by atoms with Crippen molar-refractivity contribution in [2.75, 3.05) is 6.54 Å². The quantitative estimate of drug-likeness (QED) is 0.847. The van der Waals surface area contributed by atoms with Crippen molar-refractivity contribution < 1.29 is 0 Å². The van der Waals surface area contributed by atoms with Gasteiger partial charge in [0.1, 0.15) is 5.82 Å². The molecule has 0 spiro atoms. The fourth-order valence-corrected chi connectivity index (χ4v) is 2.15. The van der Waals surface area contributed by atoms with Gasteiger partial charge >= 0.3 is 0 Å². The molecule has 1 atom stereocenters. The third kappa shape index (κ3) is 2.96. The van der Waals surface area contributed by atoms with Gasteiger partial charge in [-0.3, -0.25) is 4.98 Å². The second kappa shape index (κ2) is 6.31. The molecule has 2 aromatic heterocycles. The van der Waals surface area contributed by atoms with Crippen LogP contribution < -0.4 is 5.32 Å². The van der Waals surface area contributed by atoms with Crippen molar-refractivity contribution in [3.05, 3.63) is 48.3 Å². The molecule has 2 rings (SSSR count). The molecular weight excluding hydrogens is 224 g/mol. The minimum atomic E-state index is 0.297. The van der Waals surface area contributed by atoms with E-state index in [1.54, 1.807) is 0 Å². The number of nitrogens with zero attached hydrogens (tertiary/aromatic N) is 3. The van der Waals surface area contributed by atoms with Gasteiger partial charge in [0.15, 0.2) is 0 Å². The first-order valence-corrected chi connectivity index (χ1v) is 6.48. The maximum absolute atomic E-state index is 4.44. The number of aryl methyl sites for hydroxylation is 1. The molecule has 0 fully saturated rings. The highest BCUT2D eigenvalue weighted by Crippen LogP contribution is 2.16. The Hall–Kier alpha value is -1.68. The largest absolute Gasteiger partial charge is 0.335 e. The number of hydrogen-bond acceptors (Lipinski definition) is 3. The van der Waals surface area contributed by atoms with Crippen LogP contribution in [-0.2, 0) is 13.0 Å². The molecule has 18 heavy (non-hydrogen) atoms. The van der Waals surface area contributed by atoms with Crippen LogP contribution in [0.3, 0.4) is 0 Å². The van der Waals surface area contributed by atoms with Gasteiger partial charge < -0.3 is 9.88 Å². The summed E-state index contributed by atoms with van der Waals surface area (Å²) in [5, 5.41) is 3.51. The van der Waals surface area contributed by atoms with Crippen molar-refractivity contribution in [1.82, 2.24) is 19.9 Å². The van der Waals surface area contributed by atoms with E-state index in [2.05, 4.69) is 45.8 Å². The third-order valence-corrected chi connectivity index (χ3v) is 3.09. The first-order chi connectivity index (χ1) is 8.85. The molecule has 0 saturated carbocycles. The fourth-order valence-electron chi connectivity index (χ4n) is 2.15. The number of pyridine rings is 1. The van der Waals surface area contributed by atoms with Crippen LogP contribution >= 0.6 is 0 Å². The van der Waals surface area contributed by atoms with E-state index in [1.807, 2.05) is 24.8 Å². The minimum Gasteiger partial charge on any atom is -0.335 e. The molecule has 0 aromatic carbocycles. The van der Waals surface area contributed by atoms with Crippen LogP contribution in [0.5, 0.6) is 0 Å². The summed E-state index contributed by atoms with van der Waals surface area (Å²) < 4.78 is 2.19. The Labute approximate surface area is 108 Å². The molecule has 0 aliphatic carbocycles. The lowest BCUT2D eigenvalue weighted by atomic mass is 10.0. The first kappa shape index (κ1) is 12.8. The van der Waals surface area contributed by atoms with Crippen molar-refractivity contribution in [3.63, 3.8) is 0 Å². The third-order valence-electron chi connectivity index (χ3n) is 3.09. The van der Waals surface area contributed by atoms with Gasteiger partial charge in [-0.2, -0.15) is 0 Å². The van der Waals surface area contributed by atoms with Crippen LogP contribution in [0.25, 0.3) is 0 Å². The molecule has 2 heterocycles. The molecule has 4 heteroatoms. The highest BCUT2D eigenvalue weighted by Gasteiger charge is 2.13.